The van der Waals surface area contributed by atoms with Crippen LogP contribution in [0.1, 0.15) is 18.4 Å². The van der Waals surface area contributed by atoms with Crippen LogP contribution in [-0.4, -0.2) is 36.8 Å². The highest BCUT2D eigenvalue weighted by Crippen LogP contribution is 2.28. The Kier molecular flexibility index (Phi) is 5.06. The van der Waals surface area contributed by atoms with Gasteiger partial charge in [0.25, 0.3) is 0 Å². The maximum atomic E-state index is 9.46. The summed E-state index contributed by atoms with van der Waals surface area (Å²) < 4.78 is 0. The van der Waals surface area contributed by atoms with Crippen molar-refractivity contribution >= 4 is 23.2 Å². The summed E-state index contributed by atoms with van der Waals surface area (Å²) in [5.41, 5.74) is 1.01. The van der Waals surface area contributed by atoms with Crippen molar-refractivity contribution in [1.82, 2.24) is 4.90 Å². The zero-order valence-corrected chi connectivity index (χ0v) is 11.3. The molecule has 2 unspecified atom stereocenters. The second-order valence-electron chi connectivity index (χ2n) is 4.17. The van der Waals surface area contributed by atoms with Gasteiger partial charge in [0.2, 0.25) is 0 Å². The molecule has 0 radical (unpaired) electrons. The predicted octanol–water partition coefficient (Wildman–Crippen LogP) is 3.02. The lowest BCUT2D eigenvalue weighted by atomic mass is 9.92. The number of benzene rings is 1. The van der Waals surface area contributed by atoms with E-state index in [0.717, 1.165) is 5.56 Å². The van der Waals surface area contributed by atoms with Crippen molar-refractivity contribution in [2.24, 2.45) is 0 Å². The van der Waals surface area contributed by atoms with Gasteiger partial charge in [0, 0.05) is 12.0 Å². The minimum atomic E-state index is 0.0461. The Balaban J connectivity index is 2.99. The number of halogens is 2. The molecule has 0 heterocycles. The summed E-state index contributed by atoms with van der Waals surface area (Å²) in [5, 5.41) is 10.5. The van der Waals surface area contributed by atoms with Crippen LogP contribution in [0.3, 0.4) is 0 Å². The molecule has 0 aliphatic carbocycles. The van der Waals surface area contributed by atoms with Gasteiger partial charge in [0.15, 0.2) is 0 Å². The zero-order chi connectivity index (χ0) is 12.3. The predicted molar refractivity (Wildman–Crippen MR) is 69.4 cm³/mol. The summed E-state index contributed by atoms with van der Waals surface area (Å²) >= 11 is 11.8. The normalized spacial score (nSPS) is 15.2. The largest absolute Gasteiger partial charge is 0.396 e. The van der Waals surface area contributed by atoms with Gasteiger partial charge in [-0.05, 0) is 38.7 Å². The Morgan fingerprint density at radius 1 is 1.25 bits per heavy atom. The lowest BCUT2D eigenvalue weighted by Crippen LogP contribution is -2.33. The van der Waals surface area contributed by atoms with Crippen LogP contribution in [0.5, 0.6) is 0 Å². The first-order chi connectivity index (χ1) is 7.47. The highest BCUT2D eigenvalue weighted by molar-refractivity contribution is 6.42. The van der Waals surface area contributed by atoms with Crippen LogP contribution in [0.2, 0.25) is 10.0 Å². The number of likely N-dealkylation sites (N-methyl/N-ethyl adjacent to an activating group) is 1. The number of hydrogen-bond donors (Lipinski definition) is 1. The third-order valence-electron chi connectivity index (χ3n) is 2.97. The van der Waals surface area contributed by atoms with E-state index in [4.69, 9.17) is 23.2 Å². The molecule has 0 spiro atoms. The molecule has 1 aromatic carbocycles. The van der Waals surface area contributed by atoms with Gasteiger partial charge in [0.1, 0.15) is 0 Å². The maximum absolute atomic E-state index is 9.46. The molecule has 0 fully saturated rings. The zero-order valence-electron chi connectivity index (χ0n) is 9.74. The van der Waals surface area contributed by atoms with Crippen molar-refractivity contribution in [3.05, 3.63) is 33.8 Å². The molecule has 0 aliphatic heterocycles. The summed E-state index contributed by atoms with van der Waals surface area (Å²) in [5.74, 6) is 0.0461. The Labute approximate surface area is 107 Å². The second-order valence-corrected chi connectivity index (χ2v) is 4.98. The number of nitrogens with zero attached hydrogens (tertiary/aromatic N) is 1. The number of aliphatic hydroxyl groups excluding tert-OH is 1. The molecule has 0 bridgehead atoms. The monoisotopic (exact) mass is 261 g/mol. The van der Waals surface area contributed by atoms with E-state index in [1.807, 2.05) is 26.2 Å². The van der Waals surface area contributed by atoms with Crippen LogP contribution < -0.4 is 0 Å². The Bertz CT molecular complexity index is 355. The van der Waals surface area contributed by atoms with Crippen molar-refractivity contribution < 1.29 is 5.11 Å². The van der Waals surface area contributed by atoms with E-state index < -0.39 is 0 Å². The van der Waals surface area contributed by atoms with Gasteiger partial charge in [-0.2, -0.15) is 0 Å². The highest BCUT2D eigenvalue weighted by atomic mass is 35.5. The van der Waals surface area contributed by atoms with Crippen molar-refractivity contribution in [2.75, 3.05) is 20.7 Å². The van der Waals surface area contributed by atoms with Crippen LogP contribution >= 0.6 is 23.2 Å². The molecule has 0 saturated carbocycles. The minimum absolute atomic E-state index is 0.0461. The Morgan fingerprint density at radius 2 is 1.88 bits per heavy atom. The molecule has 2 nitrogen and oxygen atoms in total. The van der Waals surface area contributed by atoms with Crippen LogP contribution in [0.4, 0.5) is 0 Å². The standard InChI is InChI=1S/C12H17Cl2NO/c1-8(15(2)3)10(7-16)9-4-5-11(13)12(14)6-9/h4-6,8,10,16H,7H2,1-3H3. The van der Waals surface area contributed by atoms with Crippen LogP contribution in [0.15, 0.2) is 18.2 Å². The summed E-state index contributed by atoms with van der Waals surface area (Å²) in [6, 6.07) is 5.74. The highest BCUT2D eigenvalue weighted by Gasteiger charge is 2.20. The third kappa shape index (κ3) is 3.11. The Hall–Kier alpha value is -0.280. The SMILES string of the molecule is CC(C(CO)c1ccc(Cl)c(Cl)c1)N(C)C. The van der Waals surface area contributed by atoms with Crippen molar-refractivity contribution in [3.63, 3.8) is 0 Å². The van der Waals surface area contributed by atoms with Crippen LogP contribution in [0, 0.1) is 0 Å². The molecule has 2 atom stereocenters. The van der Waals surface area contributed by atoms with Crippen molar-refractivity contribution in [1.29, 1.82) is 0 Å². The lowest BCUT2D eigenvalue weighted by Gasteiger charge is -2.28. The van der Waals surface area contributed by atoms with Gasteiger partial charge in [-0.15, -0.1) is 0 Å². The fourth-order valence-electron chi connectivity index (χ4n) is 1.64. The summed E-state index contributed by atoms with van der Waals surface area (Å²) in [6.45, 7) is 2.17. The maximum Gasteiger partial charge on any atom is 0.0595 e. The van der Waals surface area contributed by atoms with Gasteiger partial charge in [-0.3, -0.25) is 0 Å². The Morgan fingerprint density at radius 3 is 2.31 bits per heavy atom. The van der Waals surface area contributed by atoms with Gasteiger partial charge >= 0.3 is 0 Å². The topological polar surface area (TPSA) is 23.5 Å². The van der Waals surface area contributed by atoms with E-state index in [1.165, 1.54) is 0 Å². The summed E-state index contributed by atoms with van der Waals surface area (Å²) in [7, 11) is 3.98. The molecule has 0 aliphatic rings. The first-order valence-corrected chi connectivity index (χ1v) is 5.95. The average Bonchev–Trinajstić information content (AvgIpc) is 2.24. The third-order valence-corrected chi connectivity index (χ3v) is 3.70. The summed E-state index contributed by atoms with van der Waals surface area (Å²) in [4.78, 5) is 2.07. The van der Waals surface area contributed by atoms with E-state index in [0.29, 0.717) is 10.0 Å². The number of aliphatic hydroxyl groups is 1. The number of rotatable bonds is 4. The van der Waals surface area contributed by atoms with Crippen molar-refractivity contribution in [2.45, 2.75) is 18.9 Å². The molecule has 90 valence electrons. The van der Waals surface area contributed by atoms with E-state index in [-0.39, 0.29) is 18.6 Å². The molecular weight excluding hydrogens is 245 g/mol. The van der Waals surface area contributed by atoms with Gasteiger partial charge in [0.05, 0.1) is 16.7 Å². The fraction of sp³-hybridized carbons (Fsp3) is 0.500. The molecular formula is C12H17Cl2NO. The molecule has 0 amide bonds. The first kappa shape index (κ1) is 13.8. The molecule has 0 aromatic heterocycles. The molecule has 1 rings (SSSR count). The van der Waals surface area contributed by atoms with E-state index in [1.54, 1.807) is 6.07 Å². The molecule has 1 aromatic rings. The fourth-order valence-corrected chi connectivity index (χ4v) is 1.95. The van der Waals surface area contributed by atoms with E-state index in [2.05, 4.69) is 11.8 Å². The van der Waals surface area contributed by atoms with Crippen LogP contribution in [-0.2, 0) is 0 Å². The minimum Gasteiger partial charge on any atom is -0.396 e. The van der Waals surface area contributed by atoms with Gasteiger partial charge in [-0.25, -0.2) is 0 Å². The van der Waals surface area contributed by atoms with E-state index >= 15 is 0 Å². The van der Waals surface area contributed by atoms with Crippen molar-refractivity contribution in [3.8, 4) is 0 Å². The molecule has 4 heteroatoms. The van der Waals surface area contributed by atoms with E-state index in [9.17, 15) is 5.11 Å². The molecule has 16 heavy (non-hydrogen) atoms. The molecule has 0 saturated heterocycles. The average molecular weight is 262 g/mol. The quantitative estimate of drug-likeness (QED) is 0.901. The lowest BCUT2D eigenvalue weighted by molar-refractivity contribution is 0.189. The van der Waals surface area contributed by atoms with Gasteiger partial charge in [-0.1, -0.05) is 29.3 Å². The van der Waals surface area contributed by atoms with Crippen LogP contribution in [0.25, 0.3) is 0 Å². The first-order valence-electron chi connectivity index (χ1n) is 5.19. The smallest absolute Gasteiger partial charge is 0.0595 e. The van der Waals surface area contributed by atoms with Gasteiger partial charge < -0.3 is 10.0 Å². The summed E-state index contributed by atoms with van der Waals surface area (Å²) in [6.07, 6.45) is 0. The second kappa shape index (κ2) is 5.87. The number of hydrogen-bond acceptors (Lipinski definition) is 2. The molecule has 1 N–H and O–H groups in total.